The fraction of sp³-hybridized carbons (Fsp3) is 0.263. The summed E-state index contributed by atoms with van der Waals surface area (Å²) >= 11 is 1.25. The Hall–Kier alpha value is -3.40. The van der Waals surface area contributed by atoms with Gasteiger partial charge in [-0.05, 0) is 31.0 Å². The zero-order chi connectivity index (χ0) is 20.0. The number of benzene rings is 1. The third-order valence-electron chi connectivity index (χ3n) is 4.97. The number of anilines is 1. The van der Waals surface area contributed by atoms with Gasteiger partial charge in [-0.2, -0.15) is 0 Å². The van der Waals surface area contributed by atoms with Gasteiger partial charge in [-0.3, -0.25) is 9.59 Å². The lowest BCUT2D eigenvalue weighted by molar-refractivity contribution is -0.119. The largest absolute Gasteiger partial charge is 0.454 e. The number of nitrogens with zero attached hydrogens (tertiary/aromatic N) is 2. The highest BCUT2D eigenvalue weighted by atomic mass is 32.1. The maximum atomic E-state index is 12.9. The molecule has 0 spiro atoms. The van der Waals surface area contributed by atoms with Crippen LogP contribution in [0.2, 0.25) is 0 Å². The molecule has 5 rings (SSSR count). The Balaban J connectivity index is 1.33. The van der Waals surface area contributed by atoms with Crippen LogP contribution in [0.25, 0.3) is 11.3 Å². The Morgan fingerprint density at radius 1 is 1.21 bits per heavy atom. The smallest absolute Gasteiger partial charge is 0.238 e. The molecule has 10 heteroatoms. The number of carbonyl (C=O) groups excluding carboxylic acids is 2. The predicted molar refractivity (Wildman–Crippen MR) is 103 cm³/mol. The third-order valence-corrected chi connectivity index (χ3v) is 5.78. The zero-order valence-electron chi connectivity index (χ0n) is 15.1. The summed E-state index contributed by atoms with van der Waals surface area (Å²) in [5.74, 6) is 1.23. The van der Waals surface area contributed by atoms with Crippen LogP contribution in [0, 0.1) is 0 Å². The van der Waals surface area contributed by atoms with Crippen LogP contribution in [0.1, 0.15) is 24.2 Å². The molecule has 2 aromatic heterocycles. The molecule has 9 nitrogen and oxygen atoms in total. The van der Waals surface area contributed by atoms with Crippen molar-refractivity contribution >= 4 is 28.3 Å². The van der Waals surface area contributed by atoms with Gasteiger partial charge in [0.1, 0.15) is 0 Å². The molecule has 1 aliphatic heterocycles. The lowest BCUT2D eigenvalue weighted by atomic mass is 10.0. The minimum atomic E-state index is -0.729. The van der Waals surface area contributed by atoms with E-state index < -0.39 is 11.3 Å². The van der Waals surface area contributed by atoms with Gasteiger partial charge in [-0.1, -0.05) is 5.16 Å². The number of aromatic nitrogens is 2. The van der Waals surface area contributed by atoms with Crippen LogP contribution in [0.3, 0.4) is 0 Å². The maximum absolute atomic E-state index is 12.9. The van der Waals surface area contributed by atoms with Crippen LogP contribution in [-0.4, -0.2) is 28.7 Å². The van der Waals surface area contributed by atoms with E-state index >= 15 is 0 Å². The van der Waals surface area contributed by atoms with Crippen molar-refractivity contribution in [2.75, 3.05) is 12.1 Å². The molecule has 0 unspecified atom stereocenters. The zero-order valence-corrected chi connectivity index (χ0v) is 16.0. The van der Waals surface area contributed by atoms with Gasteiger partial charge < -0.3 is 25.0 Å². The fourth-order valence-electron chi connectivity index (χ4n) is 3.25. The van der Waals surface area contributed by atoms with Gasteiger partial charge in [0.25, 0.3) is 0 Å². The number of ether oxygens (including phenoxy) is 2. The standard InChI is InChI=1S/C19H16N4O5S/c20-16(24)6-11-8-29-18(21-11)22-17(25)19(3-4-19)15-7-13(28-23-15)10-1-2-12-14(5-10)27-9-26-12/h1-2,5,7-8H,3-4,6,9H2,(H2,20,24)(H,21,22,25). The number of fused-ring (bicyclic) bond motifs is 1. The van der Waals surface area contributed by atoms with E-state index in [9.17, 15) is 9.59 Å². The number of carbonyl (C=O) groups is 2. The van der Waals surface area contributed by atoms with Crippen molar-refractivity contribution in [2.45, 2.75) is 24.7 Å². The first-order valence-electron chi connectivity index (χ1n) is 8.95. The van der Waals surface area contributed by atoms with E-state index in [2.05, 4.69) is 15.5 Å². The van der Waals surface area contributed by atoms with Crippen LogP contribution in [-0.2, 0) is 21.4 Å². The summed E-state index contributed by atoms with van der Waals surface area (Å²) in [5, 5.41) is 9.09. The molecular weight excluding hydrogens is 396 g/mol. The highest BCUT2D eigenvalue weighted by molar-refractivity contribution is 7.14. The van der Waals surface area contributed by atoms with Crippen molar-refractivity contribution in [3.8, 4) is 22.8 Å². The molecule has 0 saturated heterocycles. The molecule has 0 bridgehead atoms. The van der Waals surface area contributed by atoms with Gasteiger partial charge in [0.05, 0.1) is 23.2 Å². The van der Waals surface area contributed by atoms with Crippen molar-refractivity contribution < 1.29 is 23.6 Å². The van der Waals surface area contributed by atoms with Crippen molar-refractivity contribution in [1.82, 2.24) is 10.1 Å². The molecule has 148 valence electrons. The van der Waals surface area contributed by atoms with E-state index in [0.717, 1.165) is 5.56 Å². The molecular formula is C19H16N4O5S. The number of rotatable bonds is 6. The Morgan fingerprint density at radius 3 is 2.83 bits per heavy atom. The van der Waals surface area contributed by atoms with Crippen molar-refractivity contribution in [2.24, 2.45) is 5.73 Å². The van der Waals surface area contributed by atoms with Gasteiger partial charge in [-0.25, -0.2) is 4.98 Å². The van der Waals surface area contributed by atoms with Crippen LogP contribution in [0.15, 0.2) is 34.2 Å². The van der Waals surface area contributed by atoms with Gasteiger partial charge in [0.2, 0.25) is 18.6 Å². The Labute approximate surface area is 168 Å². The summed E-state index contributed by atoms with van der Waals surface area (Å²) in [6.45, 7) is 0.196. The Bertz CT molecular complexity index is 1120. The van der Waals surface area contributed by atoms with Gasteiger partial charge in [0.15, 0.2) is 22.4 Å². The molecule has 0 radical (unpaired) electrons. The van der Waals surface area contributed by atoms with E-state index in [1.165, 1.54) is 11.3 Å². The maximum Gasteiger partial charge on any atom is 0.238 e. The summed E-state index contributed by atoms with van der Waals surface area (Å²) in [6.07, 6.45) is 1.39. The number of hydrogen-bond acceptors (Lipinski definition) is 8. The van der Waals surface area contributed by atoms with Crippen LogP contribution < -0.4 is 20.5 Å². The monoisotopic (exact) mass is 412 g/mol. The van der Waals surface area contributed by atoms with Gasteiger partial charge >= 0.3 is 0 Å². The highest BCUT2D eigenvalue weighted by Gasteiger charge is 2.54. The molecule has 0 atom stereocenters. The number of hydrogen-bond donors (Lipinski definition) is 2. The summed E-state index contributed by atoms with van der Waals surface area (Å²) in [4.78, 5) is 28.1. The SMILES string of the molecule is NC(=O)Cc1csc(NC(=O)C2(c3cc(-c4ccc5c(c4)OCO5)on3)CC2)n1. The molecule has 1 aliphatic carbocycles. The van der Waals surface area contributed by atoms with Crippen molar-refractivity contribution in [1.29, 1.82) is 0 Å². The van der Waals surface area contributed by atoms with E-state index in [1.807, 2.05) is 18.2 Å². The number of amides is 2. The molecule has 2 amide bonds. The first-order valence-corrected chi connectivity index (χ1v) is 9.83. The minimum Gasteiger partial charge on any atom is -0.454 e. The Kier molecular flexibility index (Phi) is 4.02. The minimum absolute atomic E-state index is 0.0414. The summed E-state index contributed by atoms with van der Waals surface area (Å²) < 4.78 is 16.2. The van der Waals surface area contributed by atoms with E-state index in [0.29, 0.717) is 46.6 Å². The molecule has 1 saturated carbocycles. The first kappa shape index (κ1) is 17.7. The molecule has 1 aromatic carbocycles. The first-order chi connectivity index (χ1) is 14.0. The number of thiazole rings is 1. The van der Waals surface area contributed by atoms with E-state index in [-0.39, 0.29) is 19.1 Å². The molecule has 2 aliphatic rings. The van der Waals surface area contributed by atoms with E-state index in [1.54, 1.807) is 11.4 Å². The van der Waals surface area contributed by atoms with Crippen LogP contribution >= 0.6 is 11.3 Å². The summed E-state index contributed by atoms with van der Waals surface area (Å²) in [6, 6.07) is 7.27. The number of primary amides is 1. The second kappa shape index (κ2) is 6.59. The Morgan fingerprint density at radius 2 is 2.03 bits per heavy atom. The molecule has 3 aromatic rings. The second-order valence-corrected chi connectivity index (χ2v) is 7.83. The molecule has 29 heavy (non-hydrogen) atoms. The number of nitrogens with one attached hydrogen (secondary N) is 1. The third kappa shape index (κ3) is 3.21. The molecule has 3 N–H and O–H groups in total. The fourth-order valence-corrected chi connectivity index (χ4v) is 3.96. The van der Waals surface area contributed by atoms with E-state index in [4.69, 9.17) is 19.7 Å². The molecule has 1 fully saturated rings. The quantitative estimate of drug-likeness (QED) is 0.635. The number of nitrogens with two attached hydrogens (primary N) is 1. The van der Waals surface area contributed by atoms with Gasteiger partial charge in [-0.15, -0.1) is 11.3 Å². The summed E-state index contributed by atoms with van der Waals surface area (Å²) in [5.41, 5.74) is 6.36. The van der Waals surface area contributed by atoms with Gasteiger partial charge in [0, 0.05) is 17.0 Å². The average Bonchev–Trinajstić information content (AvgIpc) is 3.05. The van der Waals surface area contributed by atoms with Crippen LogP contribution in [0.5, 0.6) is 11.5 Å². The topological polar surface area (TPSA) is 130 Å². The summed E-state index contributed by atoms with van der Waals surface area (Å²) in [7, 11) is 0. The average molecular weight is 412 g/mol. The van der Waals surface area contributed by atoms with Crippen molar-refractivity contribution in [3.63, 3.8) is 0 Å². The van der Waals surface area contributed by atoms with Crippen molar-refractivity contribution in [3.05, 3.63) is 41.0 Å². The lowest BCUT2D eigenvalue weighted by Crippen LogP contribution is -2.28. The predicted octanol–water partition coefficient (Wildman–Crippen LogP) is 2.22. The molecule has 3 heterocycles. The highest BCUT2D eigenvalue weighted by Crippen LogP contribution is 2.49. The normalized spacial score (nSPS) is 15.9. The van der Waals surface area contributed by atoms with Crippen LogP contribution in [0.4, 0.5) is 5.13 Å². The lowest BCUT2D eigenvalue weighted by Gasteiger charge is -2.10. The second-order valence-electron chi connectivity index (χ2n) is 6.97.